The van der Waals surface area contributed by atoms with Crippen molar-refractivity contribution in [2.75, 3.05) is 0 Å². The second-order valence-corrected chi connectivity index (χ2v) is 3.95. The minimum absolute atomic E-state index is 0.313. The Labute approximate surface area is 94.5 Å². The molecule has 0 saturated heterocycles. The summed E-state index contributed by atoms with van der Waals surface area (Å²) in [5, 5.41) is 0.831. The summed E-state index contributed by atoms with van der Waals surface area (Å²) < 4.78 is 10.4. The topological polar surface area (TPSA) is 59.1 Å². The predicted molar refractivity (Wildman–Crippen MR) is 62.2 cm³/mol. The summed E-state index contributed by atoms with van der Waals surface area (Å²) in [5.74, 6) is 0. The summed E-state index contributed by atoms with van der Waals surface area (Å²) >= 11 is 4.93. The van der Waals surface area contributed by atoms with Crippen molar-refractivity contribution in [2.24, 2.45) is 0 Å². The molecule has 1 N–H and O–H groups in total. The van der Waals surface area contributed by atoms with Crippen LogP contribution < -0.4 is 5.63 Å². The van der Waals surface area contributed by atoms with Crippen LogP contribution >= 0.6 is 12.2 Å². The van der Waals surface area contributed by atoms with E-state index in [4.69, 9.17) is 21.1 Å². The van der Waals surface area contributed by atoms with E-state index in [1.165, 1.54) is 6.07 Å². The number of benzene rings is 1. The van der Waals surface area contributed by atoms with Crippen LogP contribution in [-0.4, -0.2) is 4.98 Å². The van der Waals surface area contributed by atoms with E-state index in [1.54, 1.807) is 12.1 Å². The van der Waals surface area contributed by atoms with Crippen molar-refractivity contribution in [1.82, 2.24) is 4.98 Å². The Balaban J connectivity index is 2.69. The van der Waals surface area contributed by atoms with Crippen molar-refractivity contribution in [1.29, 1.82) is 0 Å². The van der Waals surface area contributed by atoms with Gasteiger partial charge in [0.2, 0.25) is 0 Å². The maximum atomic E-state index is 11.2. The van der Waals surface area contributed by atoms with Gasteiger partial charge in [-0.15, -0.1) is 0 Å². The Morgan fingerprint density at radius 1 is 1.25 bits per heavy atom. The van der Waals surface area contributed by atoms with Gasteiger partial charge in [0.05, 0.1) is 5.52 Å². The number of rotatable bonds is 0. The first-order valence-corrected chi connectivity index (χ1v) is 5.12. The molecule has 0 fully saturated rings. The number of fused-ring (bicyclic) bond motifs is 3. The molecule has 16 heavy (non-hydrogen) atoms. The highest BCUT2D eigenvalue weighted by molar-refractivity contribution is 7.71. The lowest BCUT2D eigenvalue weighted by molar-refractivity contribution is 0.559. The van der Waals surface area contributed by atoms with Crippen LogP contribution in [0.4, 0.5) is 0 Å². The zero-order chi connectivity index (χ0) is 11.3. The van der Waals surface area contributed by atoms with Gasteiger partial charge in [0.1, 0.15) is 5.58 Å². The fraction of sp³-hybridized carbons (Fsp3) is 0.0909. The van der Waals surface area contributed by atoms with Gasteiger partial charge in [-0.05, 0) is 36.8 Å². The van der Waals surface area contributed by atoms with Crippen LogP contribution in [0.25, 0.3) is 22.1 Å². The van der Waals surface area contributed by atoms with E-state index in [0.717, 1.165) is 16.5 Å². The fourth-order valence-electron chi connectivity index (χ4n) is 1.86. The SMILES string of the molecule is Cc1cc(=O)oc2ccc3oc(=S)[nH]c3c12. The lowest BCUT2D eigenvalue weighted by atomic mass is 10.1. The molecule has 0 unspecified atom stereocenters. The molecule has 3 rings (SSSR count). The normalized spacial score (nSPS) is 11.3. The maximum absolute atomic E-state index is 11.2. The fourth-order valence-corrected chi connectivity index (χ4v) is 2.06. The Hall–Kier alpha value is -1.88. The number of aryl methyl sites for hydroxylation is 1. The Kier molecular flexibility index (Phi) is 1.79. The summed E-state index contributed by atoms with van der Waals surface area (Å²) in [5.41, 5.74) is 2.44. The first kappa shape index (κ1) is 9.35. The first-order chi connectivity index (χ1) is 7.65. The standard InChI is InChI=1S/C11H7NO3S/c1-5-4-8(13)14-6-2-3-7-10(9(5)6)12-11(16)15-7/h2-4H,1H3,(H,12,16). The van der Waals surface area contributed by atoms with E-state index < -0.39 is 0 Å². The van der Waals surface area contributed by atoms with E-state index in [-0.39, 0.29) is 5.63 Å². The second-order valence-electron chi connectivity index (χ2n) is 3.57. The molecule has 0 radical (unpaired) electrons. The molecular weight excluding hydrogens is 226 g/mol. The van der Waals surface area contributed by atoms with Crippen molar-refractivity contribution >= 4 is 34.3 Å². The minimum Gasteiger partial charge on any atom is -0.429 e. The summed E-state index contributed by atoms with van der Waals surface area (Å²) in [6.45, 7) is 1.85. The quantitative estimate of drug-likeness (QED) is 0.479. The van der Waals surface area contributed by atoms with E-state index in [0.29, 0.717) is 16.0 Å². The van der Waals surface area contributed by atoms with Crippen molar-refractivity contribution in [3.05, 3.63) is 39.0 Å². The summed E-state index contributed by atoms with van der Waals surface area (Å²) in [4.78, 5) is 14.5. The second kappa shape index (κ2) is 3.05. The van der Waals surface area contributed by atoms with Crippen LogP contribution in [0, 0.1) is 11.8 Å². The molecule has 3 aromatic rings. The van der Waals surface area contributed by atoms with E-state index in [2.05, 4.69) is 4.98 Å². The highest BCUT2D eigenvalue weighted by Crippen LogP contribution is 2.26. The Bertz CT molecular complexity index is 809. The van der Waals surface area contributed by atoms with Crippen LogP contribution in [0.5, 0.6) is 0 Å². The van der Waals surface area contributed by atoms with Crippen LogP contribution in [0.15, 0.2) is 31.8 Å². The van der Waals surface area contributed by atoms with Crippen LogP contribution in [0.3, 0.4) is 0 Å². The summed E-state index contributed by atoms with van der Waals surface area (Å²) in [7, 11) is 0. The van der Waals surface area contributed by atoms with Crippen molar-refractivity contribution in [3.63, 3.8) is 0 Å². The van der Waals surface area contributed by atoms with Gasteiger partial charge >= 0.3 is 5.63 Å². The molecule has 0 atom stereocenters. The number of oxazole rings is 1. The van der Waals surface area contributed by atoms with Gasteiger partial charge in [0.15, 0.2) is 5.58 Å². The average molecular weight is 233 g/mol. The van der Waals surface area contributed by atoms with Gasteiger partial charge in [-0.3, -0.25) is 0 Å². The molecule has 0 aliphatic rings. The van der Waals surface area contributed by atoms with Gasteiger partial charge < -0.3 is 13.8 Å². The molecule has 0 bridgehead atoms. The van der Waals surface area contributed by atoms with Crippen LogP contribution in [0.1, 0.15) is 5.56 Å². The first-order valence-electron chi connectivity index (χ1n) is 4.71. The number of hydrogen-bond acceptors (Lipinski definition) is 4. The van der Waals surface area contributed by atoms with E-state index in [9.17, 15) is 4.79 Å². The third kappa shape index (κ3) is 1.22. The number of aromatic amines is 1. The number of nitrogens with one attached hydrogen (secondary N) is 1. The number of H-pyrrole nitrogens is 1. The molecule has 0 spiro atoms. The predicted octanol–water partition coefficient (Wildman–Crippen LogP) is 2.91. The third-order valence-corrected chi connectivity index (χ3v) is 2.68. The van der Waals surface area contributed by atoms with Crippen molar-refractivity contribution in [2.45, 2.75) is 6.92 Å². The zero-order valence-electron chi connectivity index (χ0n) is 8.37. The molecule has 5 heteroatoms. The molecule has 1 aromatic carbocycles. The van der Waals surface area contributed by atoms with Crippen LogP contribution in [0.2, 0.25) is 0 Å². The van der Waals surface area contributed by atoms with E-state index >= 15 is 0 Å². The molecule has 4 nitrogen and oxygen atoms in total. The molecule has 2 heterocycles. The smallest absolute Gasteiger partial charge is 0.336 e. The highest BCUT2D eigenvalue weighted by Gasteiger charge is 2.09. The monoisotopic (exact) mass is 233 g/mol. The van der Waals surface area contributed by atoms with E-state index in [1.807, 2.05) is 6.92 Å². The molecule has 0 aliphatic heterocycles. The van der Waals surface area contributed by atoms with Gasteiger partial charge in [-0.25, -0.2) is 4.79 Å². The maximum Gasteiger partial charge on any atom is 0.336 e. The van der Waals surface area contributed by atoms with Crippen molar-refractivity contribution < 1.29 is 8.83 Å². The van der Waals surface area contributed by atoms with Crippen molar-refractivity contribution in [3.8, 4) is 0 Å². The lowest BCUT2D eigenvalue weighted by Crippen LogP contribution is -1.97. The molecule has 0 saturated carbocycles. The Morgan fingerprint density at radius 3 is 2.81 bits per heavy atom. The number of aromatic nitrogens is 1. The lowest BCUT2D eigenvalue weighted by Gasteiger charge is -1.99. The number of hydrogen-bond donors (Lipinski definition) is 1. The molecule has 0 amide bonds. The minimum atomic E-state index is -0.355. The average Bonchev–Trinajstić information content (AvgIpc) is 2.56. The van der Waals surface area contributed by atoms with Gasteiger partial charge in [0.25, 0.3) is 4.84 Å². The molecule has 80 valence electrons. The zero-order valence-corrected chi connectivity index (χ0v) is 9.18. The van der Waals surface area contributed by atoms with Gasteiger partial charge in [-0.2, -0.15) is 0 Å². The summed E-state index contributed by atoms with van der Waals surface area (Å²) in [6.07, 6.45) is 0. The molecule has 0 aliphatic carbocycles. The summed E-state index contributed by atoms with van der Waals surface area (Å²) in [6, 6.07) is 4.89. The van der Waals surface area contributed by atoms with Gasteiger partial charge in [0, 0.05) is 11.5 Å². The van der Waals surface area contributed by atoms with Crippen LogP contribution in [-0.2, 0) is 0 Å². The Morgan fingerprint density at radius 2 is 2.00 bits per heavy atom. The molecule has 2 aromatic heterocycles. The third-order valence-electron chi connectivity index (χ3n) is 2.50. The van der Waals surface area contributed by atoms with Gasteiger partial charge in [-0.1, -0.05) is 0 Å². The largest absolute Gasteiger partial charge is 0.429 e. The molecular formula is C11H7NO3S. The highest BCUT2D eigenvalue weighted by atomic mass is 32.1.